The minimum Gasteiger partial charge on any atom is -0.453 e. The van der Waals surface area contributed by atoms with Crippen LogP contribution in [0, 0.1) is 0 Å². The van der Waals surface area contributed by atoms with Gasteiger partial charge in [0, 0.05) is 12.1 Å². The van der Waals surface area contributed by atoms with Crippen LogP contribution < -0.4 is 25.9 Å². The van der Waals surface area contributed by atoms with E-state index >= 15 is 0 Å². The van der Waals surface area contributed by atoms with Crippen molar-refractivity contribution in [2.75, 3.05) is 5.73 Å². The van der Waals surface area contributed by atoms with Gasteiger partial charge < -0.3 is 15.2 Å². The second kappa shape index (κ2) is 4.33. The summed E-state index contributed by atoms with van der Waals surface area (Å²) in [7, 11) is 0. The summed E-state index contributed by atoms with van der Waals surface area (Å²) < 4.78 is 11.8. The Balaban J connectivity index is 1.76. The molecular weight excluding hydrogens is 290 g/mol. The van der Waals surface area contributed by atoms with Crippen molar-refractivity contribution < 1.29 is 9.47 Å². The molecule has 110 valence electrons. The first-order chi connectivity index (χ1) is 11.3. The monoisotopic (exact) mass is 301 g/mol. The molecule has 5 rings (SSSR count). The lowest BCUT2D eigenvalue weighted by Crippen LogP contribution is -2.18. The van der Waals surface area contributed by atoms with Gasteiger partial charge in [-0.25, -0.2) is 9.98 Å². The van der Waals surface area contributed by atoms with Crippen molar-refractivity contribution in [3.05, 3.63) is 65.3 Å². The van der Waals surface area contributed by atoms with Gasteiger partial charge in [-0.05, 0) is 24.3 Å². The molecule has 2 aliphatic rings. The van der Waals surface area contributed by atoms with Crippen LogP contribution in [0.3, 0.4) is 0 Å². The minimum atomic E-state index is 0.585. The van der Waals surface area contributed by atoms with E-state index in [0.29, 0.717) is 34.0 Å². The van der Waals surface area contributed by atoms with Gasteiger partial charge in [-0.15, -0.1) is 0 Å². The number of ether oxygens (including phenoxy) is 2. The molecule has 5 nitrogen and oxygen atoms in total. The quantitative estimate of drug-likeness (QED) is 0.446. The van der Waals surface area contributed by atoms with Crippen LogP contribution in [0.25, 0.3) is 0 Å². The molecule has 2 N–H and O–H groups in total. The molecule has 0 saturated carbocycles. The molecule has 3 aromatic rings. The third kappa shape index (κ3) is 1.80. The highest BCUT2D eigenvalue weighted by atomic mass is 16.5. The van der Waals surface area contributed by atoms with Gasteiger partial charge in [-0.1, -0.05) is 18.2 Å². The number of benzene rings is 3. The number of anilines is 1. The van der Waals surface area contributed by atoms with Gasteiger partial charge in [0.15, 0.2) is 23.0 Å². The summed E-state index contributed by atoms with van der Waals surface area (Å²) in [4.78, 5) is 9.22. The third-order valence-corrected chi connectivity index (χ3v) is 3.85. The molecule has 0 spiro atoms. The van der Waals surface area contributed by atoms with E-state index in [1.165, 1.54) is 0 Å². The van der Waals surface area contributed by atoms with Gasteiger partial charge in [-0.2, -0.15) is 0 Å². The maximum absolute atomic E-state index is 5.98. The van der Waals surface area contributed by atoms with E-state index in [4.69, 9.17) is 15.2 Å². The number of nitrogens with zero attached hydrogens (tertiary/aromatic N) is 2. The van der Waals surface area contributed by atoms with Crippen molar-refractivity contribution in [2.24, 2.45) is 9.98 Å². The van der Waals surface area contributed by atoms with Crippen LogP contribution in [0.15, 0.2) is 64.6 Å². The maximum atomic E-state index is 5.98. The molecule has 2 aliphatic heterocycles. The van der Waals surface area contributed by atoms with Gasteiger partial charge in [-0.3, -0.25) is 0 Å². The first kappa shape index (κ1) is 12.2. The zero-order valence-corrected chi connectivity index (χ0v) is 12.0. The van der Waals surface area contributed by atoms with Crippen LogP contribution in [0.5, 0.6) is 23.0 Å². The number of nitrogens with two attached hydrogens (primary N) is 1. The number of para-hydroxylation sites is 3. The lowest BCUT2D eigenvalue weighted by atomic mass is 10.2. The first-order valence-electron chi connectivity index (χ1n) is 7.23. The van der Waals surface area contributed by atoms with Gasteiger partial charge >= 0.3 is 0 Å². The molecule has 0 bridgehead atoms. The molecule has 0 saturated heterocycles. The topological polar surface area (TPSA) is 69.2 Å². The van der Waals surface area contributed by atoms with E-state index in [2.05, 4.69) is 9.98 Å². The zero-order chi connectivity index (χ0) is 15.4. The average molecular weight is 301 g/mol. The molecule has 0 fully saturated rings. The molecule has 2 heterocycles. The van der Waals surface area contributed by atoms with E-state index in [0.717, 1.165) is 16.8 Å². The van der Waals surface area contributed by atoms with Gasteiger partial charge in [0.25, 0.3) is 0 Å². The predicted octanol–water partition coefficient (Wildman–Crippen LogP) is 3.38. The van der Waals surface area contributed by atoms with Crippen LogP contribution in [-0.4, -0.2) is 0 Å². The van der Waals surface area contributed by atoms with E-state index in [9.17, 15) is 0 Å². The summed E-state index contributed by atoms with van der Waals surface area (Å²) in [6, 6.07) is 16.8. The number of fused-ring (bicyclic) bond motifs is 4. The summed E-state index contributed by atoms with van der Waals surface area (Å²) in [5, 5.41) is 1.41. The maximum Gasteiger partial charge on any atom is 0.155 e. The van der Waals surface area contributed by atoms with E-state index in [1.807, 2.05) is 48.5 Å². The fraction of sp³-hybridized carbons (Fsp3) is 0. The highest BCUT2D eigenvalue weighted by Crippen LogP contribution is 2.39. The van der Waals surface area contributed by atoms with Crippen LogP contribution in [0.1, 0.15) is 0 Å². The van der Waals surface area contributed by atoms with E-state index in [1.54, 1.807) is 6.07 Å². The standard InChI is InChI=1S/C18H11N3O2/c19-10-4-3-7-15-18(10)21-13-9-16-12(8-17(13)23-15)20-11-5-1-2-6-14(11)22-16/h1-9H,19H2. The van der Waals surface area contributed by atoms with E-state index < -0.39 is 0 Å². The largest absolute Gasteiger partial charge is 0.453 e. The fourth-order valence-corrected chi connectivity index (χ4v) is 2.74. The first-order valence-corrected chi connectivity index (χ1v) is 7.23. The summed E-state index contributed by atoms with van der Waals surface area (Å²) in [5.74, 6) is 2.69. The lowest BCUT2D eigenvalue weighted by Gasteiger charge is -2.18. The molecule has 23 heavy (non-hydrogen) atoms. The van der Waals surface area contributed by atoms with Gasteiger partial charge in [0.05, 0.1) is 5.69 Å². The number of rotatable bonds is 0. The van der Waals surface area contributed by atoms with Crippen molar-refractivity contribution >= 4 is 17.1 Å². The minimum absolute atomic E-state index is 0.585. The second-order valence-electron chi connectivity index (χ2n) is 5.38. The number of hydrogen-bond acceptors (Lipinski definition) is 5. The Morgan fingerprint density at radius 2 is 1.39 bits per heavy atom. The third-order valence-electron chi connectivity index (χ3n) is 3.85. The van der Waals surface area contributed by atoms with Crippen molar-refractivity contribution in [3.8, 4) is 23.0 Å². The van der Waals surface area contributed by atoms with Crippen LogP contribution in [-0.2, 0) is 0 Å². The predicted molar refractivity (Wildman–Crippen MR) is 85.5 cm³/mol. The van der Waals surface area contributed by atoms with Gasteiger partial charge in [0.2, 0.25) is 0 Å². The smallest absolute Gasteiger partial charge is 0.155 e. The van der Waals surface area contributed by atoms with Crippen LogP contribution in [0.2, 0.25) is 0 Å². The average Bonchev–Trinajstić information content (AvgIpc) is 2.57. The Hall–Kier alpha value is -3.34. The molecule has 0 aromatic heterocycles. The van der Waals surface area contributed by atoms with Crippen LogP contribution in [0.4, 0.5) is 17.1 Å². The zero-order valence-electron chi connectivity index (χ0n) is 12.0. The van der Waals surface area contributed by atoms with E-state index in [-0.39, 0.29) is 0 Å². The highest BCUT2D eigenvalue weighted by molar-refractivity contribution is 5.71. The molecule has 0 aliphatic carbocycles. The molecule has 0 atom stereocenters. The second-order valence-corrected chi connectivity index (χ2v) is 5.38. The molecule has 5 heteroatoms. The summed E-state index contributed by atoms with van der Waals surface area (Å²) >= 11 is 0. The van der Waals surface area contributed by atoms with Crippen molar-refractivity contribution in [1.82, 2.24) is 0 Å². The molecule has 0 unspecified atom stereocenters. The molecular formula is C18H11N3O2. The van der Waals surface area contributed by atoms with Gasteiger partial charge in [0.1, 0.15) is 22.1 Å². The Bertz CT molecular complexity index is 1090. The summed E-state index contributed by atoms with van der Waals surface area (Å²) in [5.41, 5.74) is 8.01. The summed E-state index contributed by atoms with van der Waals surface area (Å²) in [6.45, 7) is 0. The molecule has 3 aromatic carbocycles. The van der Waals surface area contributed by atoms with Crippen molar-refractivity contribution in [3.63, 3.8) is 0 Å². The fourth-order valence-electron chi connectivity index (χ4n) is 2.74. The Morgan fingerprint density at radius 1 is 0.696 bits per heavy atom. The number of hydrogen-bond donors (Lipinski definition) is 1. The van der Waals surface area contributed by atoms with Crippen molar-refractivity contribution in [1.29, 1.82) is 0 Å². The Morgan fingerprint density at radius 3 is 2.26 bits per heavy atom. The molecule has 0 amide bonds. The highest BCUT2D eigenvalue weighted by Gasteiger charge is 2.18. The molecule has 0 radical (unpaired) electrons. The van der Waals surface area contributed by atoms with Crippen molar-refractivity contribution in [2.45, 2.75) is 0 Å². The SMILES string of the molecule is Nc1cccc2c1N=c1cc3c(cc1O2)=Nc1ccccc1O3. The lowest BCUT2D eigenvalue weighted by molar-refractivity contribution is 0.451. The summed E-state index contributed by atoms with van der Waals surface area (Å²) in [6.07, 6.45) is 0. The normalized spacial score (nSPS) is 13.0. The Kier molecular flexibility index (Phi) is 2.30. The van der Waals surface area contributed by atoms with Crippen LogP contribution >= 0.6 is 0 Å². The number of nitrogen functional groups attached to an aromatic ring is 1. The Labute approximate surface area is 131 Å².